The molecule has 1 fully saturated rings. The van der Waals surface area contributed by atoms with E-state index < -0.39 is 0 Å². The lowest BCUT2D eigenvalue weighted by Gasteiger charge is -2.09. The summed E-state index contributed by atoms with van der Waals surface area (Å²) < 4.78 is 7.22. The molecule has 1 N–H and O–H groups in total. The molecule has 0 aromatic carbocycles. The summed E-state index contributed by atoms with van der Waals surface area (Å²) in [5.74, 6) is -0.0192. The molecule has 1 aliphatic heterocycles. The lowest BCUT2D eigenvalue weighted by Crippen LogP contribution is -2.35. The van der Waals surface area contributed by atoms with Gasteiger partial charge in [0.05, 0.1) is 10.7 Å². The Labute approximate surface area is 121 Å². The number of hydrogen-bond acceptors (Lipinski definition) is 3. The number of hydrogen-bond donors (Lipinski definition) is 1. The van der Waals surface area contributed by atoms with Crippen molar-refractivity contribution in [2.45, 2.75) is 25.4 Å². The molecule has 3 heterocycles. The van der Waals surface area contributed by atoms with Crippen molar-refractivity contribution in [2.75, 3.05) is 13.2 Å². The van der Waals surface area contributed by atoms with Crippen molar-refractivity contribution in [3.63, 3.8) is 0 Å². The fourth-order valence-corrected chi connectivity index (χ4v) is 2.52. The minimum atomic E-state index is -0.269. The quantitative estimate of drug-likeness (QED) is 0.935. The first-order valence-corrected chi connectivity index (χ1v) is 7.12. The number of imidazole rings is 1. The van der Waals surface area contributed by atoms with Crippen LogP contribution >= 0.6 is 11.6 Å². The first kappa shape index (κ1) is 13.4. The highest BCUT2D eigenvalue weighted by Gasteiger charge is 2.22. The zero-order valence-corrected chi connectivity index (χ0v) is 11.8. The number of fused-ring (bicyclic) bond motifs is 1. The number of nitrogens with zero attached hydrogens (tertiary/aromatic N) is 2. The van der Waals surface area contributed by atoms with Crippen molar-refractivity contribution in [3.8, 4) is 0 Å². The highest BCUT2D eigenvalue weighted by molar-refractivity contribution is 6.30. The number of halogens is 1. The summed E-state index contributed by atoms with van der Waals surface area (Å²) in [6.45, 7) is 1.25. The molecule has 5 nitrogen and oxygen atoms in total. The Morgan fingerprint density at radius 2 is 2.40 bits per heavy atom. The van der Waals surface area contributed by atoms with Gasteiger partial charge < -0.3 is 14.5 Å². The van der Waals surface area contributed by atoms with Crippen molar-refractivity contribution >= 4 is 23.2 Å². The highest BCUT2D eigenvalue weighted by atomic mass is 35.5. The topological polar surface area (TPSA) is 55.6 Å². The fraction of sp³-hybridized carbons (Fsp3) is 0.429. The smallest absolute Gasteiger partial charge is 0.249 e. The number of pyridine rings is 1. The molecule has 0 saturated carbocycles. The van der Waals surface area contributed by atoms with Crippen molar-refractivity contribution in [1.82, 2.24) is 14.7 Å². The molecule has 3 rings (SSSR count). The van der Waals surface area contributed by atoms with Crippen molar-refractivity contribution in [3.05, 3.63) is 35.2 Å². The summed E-state index contributed by atoms with van der Waals surface area (Å²) in [5.41, 5.74) is 1.79. The Hall–Kier alpha value is -1.59. The third-order valence-corrected chi connectivity index (χ3v) is 3.59. The molecule has 0 aliphatic carbocycles. The Balaban J connectivity index is 1.55. The maximum absolute atomic E-state index is 11.8. The second-order valence-corrected chi connectivity index (χ2v) is 5.32. The molecule has 0 radical (unpaired) electrons. The largest absolute Gasteiger partial charge is 0.368 e. The van der Waals surface area contributed by atoms with E-state index in [-0.39, 0.29) is 12.0 Å². The molecule has 20 heavy (non-hydrogen) atoms. The summed E-state index contributed by atoms with van der Waals surface area (Å²) in [6, 6.07) is 3.68. The maximum Gasteiger partial charge on any atom is 0.249 e. The molecule has 1 aliphatic rings. The zero-order valence-electron chi connectivity index (χ0n) is 11.0. The van der Waals surface area contributed by atoms with E-state index in [1.54, 1.807) is 0 Å². The van der Waals surface area contributed by atoms with Crippen LogP contribution in [0.25, 0.3) is 5.65 Å². The SMILES string of the molecule is O=C(NCCc1cn2cc(Cl)ccc2n1)C1CCCO1. The van der Waals surface area contributed by atoms with Gasteiger partial charge in [-0.2, -0.15) is 0 Å². The lowest BCUT2D eigenvalue weighted by atomic mass is 10.2. The van der Waals surface area contributed by atoms with Crippen molar-refractivity contribution in [1.29, 1.82) is 0 Å². The number of amides is 1. The van der Waals surface area contributed by atoms with Crippen LogP contribution in [0.3, 0.4) is 0 Å². The number of carbonyl (C=O) groups is 1. The average Bonchev–Trinajstić information content (AvgIpc) is 3.06. The standard InChI is InChI=1S/C14H16ClN3O2/c15-10-3-4-13-17-11(9-18(13)8-10)5-6-16-14(19)12-2-1-7-20-12/h3-4,8-9,12H,1-2,5-7H2,(H,16,19). The Kier molecular flexibility index (Phi) is 3.89. The Morgan fingerprint density at radius 1 is 1.50 bits per heavy atom. The van der Waals surface area contributed by atoms with Gasteiger partial charge in [0.25, 0.3) is 0 Å². The minimum absolute atomic E-state index is 0.0192. The molecular formula is C14H16ClN3O2. The molecule has 1 atom stereocenters. The molecule has 6 heteroatoms. The summed E-state index contributed by atoms with van der Waals surface area (Å²) >= 11 is 5.93. The van der Waals surface area contributed by atoms with E-state index in [4.69, 9.17) is 16.3 Å². The number of aromatic nitrogens is 2. The van der Waals surface area contributed by atoms with E-state index in [0.29, 0.717) is 24.6 Å². The van der Waals surface area contributed by atoms with E-state index in [1.165, 1.54) is 0 Å². The van der Waals surface area contributed by atoms with Crippen molar-refractivity contribution in [2.24, 2.45) is 0 Å². The van der Waals surface area contributed by atoms with Gasteiger partial charge in [-0.05, 0) is 25.0 Å². The number of carbonyl (C=O) groups excluding carboxylic acids is 1. The number of nitrogens with one attached hydrogen (secondary N) is 1. The van der Waals surface area contributed by atoms with E-state index in [0.717, 1.165) is 24.2 Å². The van der Waals surface area contributed by atoms with Gasteiger partial charge in [-0.15, -0.1) is 0 Å². The molecule has 2 aromatic heterocycles. The van der Waals surface area contributed by atoms with Gasteiger partial charge >= 0.3 is 0 Å². The molecule has 0 spiro atoms. The summed E-state index contributed by atoms with van der Waals surface area (Å²) in [5, 5.41) is 3.56. The molecule has 1 amide bonds. The molecule has 106 valence electrons. The first-order chi connectivity index (χ1) is 9.72. The fourth-order valence-electron chi connectivity index (χ4n) is 2.35. The summed E-state index contributed by atoms with van der Waals surface area (Å²) in [6.07, 6.45) is 5.95. The van der Waals surface area contributed by atoms with Crippen LogP contribution in [0.5, 0.6) is 0 Å². The molecule has 1 unspecified atom stereocenters. The number of ether oxygens (including phenoxy) is 1. The van der Waals surface area contributed by atoms with Crippen LogP contribution in [0.1, 0.15) is 18.5 Å². The second kappa shape index (κ2) is 5.81. The van der Waals surface area contributed by atoms with Gasteiger partial charge in [-0.25, -0.2) is 4.98 Å². The molecule has 2 aromatic rings. The van der Waals surface area contributed by atoms with Crippen LogP contribution in [-0.2, 0) is 16.0 Å². The second-order valence-electron chi connectivity index (χ2n) is 4.89. The first-order valence-electron chi connectivity index (χ1n) is 6.75. The van der Waals surface area contributed by atoms with Crippen molar-refractivity contribution < 1.29 is 9.53 Å². The molecular weight excluding hydrogens is 278 g/mol. The average molecular weight is 294 g/mol. The molecule has 1 saturated heterocycles. The monoisotopic (exact) mass is 293 g/mol. The van der Waals surface area contributed by atoms with Crippen LogP contribution in [-0.4, -0.2) is 34.5 Å². The third-order valence-electron chi connectivity index (χ3n) is 3.37. The van der Waals surface area contributed by atoms with Crippen LogP contribution in [0, 0.1) is 0 Å². The van der Waals surface area contributed by atoms with Crippen LogP contribution in [0.4, 0.5) is 0 Å². The Morgan fingerprint density at radius 3 is 3.20 bits per heavy atom. The van der Waals surface area contributed by atoms with Crippen LogP contribution in [0.2, 0.25) is 5.02 Å². The predicted molar refractivity (Wildman–Crippen MR) is 75.9 cm³/mol. The minimum Gasteiger partial charge on any atom is -0.368 e. The van der Waals surface area contributed by atoms with Crippen LogP contribution < -0.4 is 5.32 Å². The summed E-state index contributed by atoms with van der Waals surface area (Å²) in [4.78, 5) is 16.2. The Bertz CT molecular complexity index is 620. The van der Waals surface area contributed by atoms with Crippen LogP contribution in [0.15, 0.2) is 24.5 Å². The van der Waals surface area contributed by atoms with E-state index in [9.17, 15) is 4.79 Å². The number of rotatable bonds is 4. The van der Waals surface area contributed by atoms with Gasteiger partial charge in [0, 0.05) is 32.0 Å². The van der Waals surface area contributed by atoms with Gasteiger partial charge in [0.15, 0.2) is 0 Å². The highest BCUT2D eigenvalue weighted by Crippen LogP contribution is 2.13. The van der Waals surface area contributed by atoms with Gasteiger partial charge in [-0.3, -0.25) is 4.79 Å². The van der Waals surface area contributed by atoms with Gasteiger partial charge in [0.2, 0.25) is 5.91 Å². The zero-order chi connectivity index (χ0) is 13.9. The molecule has 0 bridgehead atoms. The lowest BCUT2D eigenvalue weighted by molar-refractivity contribution is -0.129. The van der Waals surface area contributed by atoms with Gasteiger partial charge in [0.1, 0.15) is 11.8 Å². The normalized spacial score (nSPS) is 18.6. The summed E-state index contributed by atoms with van der Waals surface area (Å²) in [7, 11) is 0. The van der Waals surface area contributed by atoms with E-state index in [1.807, 2.05) is 28.9 Å². The third kappa shape index (κ3) is 2.94. The predicted octanol–water partition coefficient (Wildman–Crippen LogP) is 1.83. The van der Waals surface area contributed by atoms with E-state index >= 15 is 0 Å². The maximum atomic E-state index is 11.8. The van der Waals surface area contributed by atoms with E-state index in [2.05, 4.69) is 10.3 Å². The van der Waals surface area contributed by atoms with Gasteiger partial charge in [-0.1, -0.05) is 11.6 Å².